The summed E-state index contributed by atoms with van der Waals surface area (Å²) in [5.74, 6) is 1.16. The number of hydrogen-bond donors (Lipinski definition) is 1. The molecule has 1 atom stereocenters. The van der Waals surface area contributed by atoms with Gasteiger partial charge >= 0.3 is 0 Å². The van der Waals surface area contributed by atoms with Gasteiger partial charge in [-0.25, -0.2) is 4.98 Å². The van der Waals surface area contributed by atoms with Gasteiger partial charge in [0.05, 0.1) is 19.0 Å². The summed E-state index contributed by atoms with van der Waals surface area (Å²) >= 11 is 0. The fraction of sp³-hybridized carbons (Fsp3) is 0.667. The average molecular weight is 223 g/mol. The molecule has 0 aromatic carbocycles. The number of nitrogens with zero attached hydrogens (tertiary/aromatic N) is 2. The molecule has 1 heterocycles. The van der Waals surface area contributed by atoms with Crippen molar-refractivity contribution in [2.75, 3.05) is 13.7 Å². The summed E-state index contributed by atoms with van der Waals surface area (Å²) in [6.45, 7) is 7.51. The summed E-state index contributed by atoms with van der Waals surface area (Å²) in [5, 5.41) is 3.46. The van der Waals surface area contributed by atoms with E-state index < -0.39 is 0 Å². The third-order valence-electron chi connectivity index (χ3n) is 2.57. The normalized spacial score (nSPS) is 12.8. The molecule has 4 nitrogen and oxygen atoms in total. The van der Waals surface area contributed by atoms with Gasteiger partial charge in [-0.05, 0) is 12.5 Å². The molecule has 0 saturated heterocycles. The molecule has 1 aromatic heterocycles. The maximum atomic E-state index is 5.06. The number of rotatable bonds is 6. The van der Waals surface area contributed by atoms with Crippen molar-refractivity contribution in [3.05, 3.63) is 18.1 Å². The molecule has 0 spiro atoms. The van der Waals surface area contributed by atoms with E-state index in [0.717, 1.165) is 18.7 Å². The Bertz CT molecular complexity index is 315. The van der Waals surface area contributed by atoms with Crippen LogP contribution in [0, 0.1) is 5.92 Å². The fourth-order valence-corrected chi connectivity index (χ4v) is 1.61. The molecule has 0 amide bonds. The second-order valence-corrected chi connectivity index (χ2v) is 4.17. The summed E-state index contributed by atoms with van der Waals surface area (Å²) in [6, 6.07) is 0.436. The number of likely N-dealkylation sites (N-methyl/N-ethyl adjacent to an activating group) is 1. The Hall–Kier alpha value is -1.16. The van der Waals surface area contributed by atoms with E-state index in [-0.39, 0.29) is 0 Å². The fourth-order valence-electron chi connectivity index (χ4n) is 1.61. The third kappa shape index (κ3) is 3.77. The van der Waals surface area contributed by atoms with Gasteiger partial charge in [0.25, 0.3) is 0 Å². The Morgan fingerprint density at radius 2 is 2.12 bits per heavy atom. The molecule has 0 aliphatic rings. The molecule has 16 heavy (non-hydrogen) atoms. The molecule has 1 unspecified atom stereocenters. The van der Waals surface area contributed by atoms with Crippen LogP contribution < -0.4 is 10.1 Å². The van der Waals surface area contributed by atoms with Crippen molar-refractivity contribution < 1.29 is 4.74 Å². The maximum Gasteiger partial charge on any atom is 0.232 e. The molecular weight excluding hydrogens is 202 g/mol. The number of methoxy groups -OCH3 is 1. The van der Waals surface area contributed by atoms with Gasteiger partial charge in [0.1, 0.15) is 0 Å². The molecule has 1 aromatic rings. The zero-order valence-electron chi connectivity index (χ0n) is 10.5. The van der Waals surface area contributed by atoms with Gasteiger partial charge in [-0.1, -0.05) is 20.8 Å². The summed E-state index contributed by atoms with van der Waals surface area (Å²) < 4.78 is 5.06. The molecular formula is C12H21N3O. The van der Waals surface area contributed by atoms with E-state index >= 15 is 0 Å². The van der Waals surface area contributed by atoms with Crippen molar-refractivity contribution in [2.24, 2.45) is 5.92 Å². The predicted molar refractivity (Wildman–Crippen MR) is 64.6 cm³/mol. The molecule has 0 saturated carbocycles. The van der Waals surface area contributed by atoms with Crippen LogP contribution in [0.4, 0.5) is 0 Å². The van der Waals surface area contributed by atoms with E-state index in [4.69, 9.17) is 4.74 Å². The van der Waals surface area contributed by atoms with Gasteiger partial charge in [-0.2, -0.15) is 0 Å². The SMILES string of the molecule is CCNC(Cc1cncc(OC)n1)C(C)C. The van der Waals surface area contributed by atoms with Crippen molar-refractivity contribution in [3.8, 4) is 5.88 Å². The first kappa shape index (κ1) is 12.9. The smallest absolute Gasteiger partial charge is 0.232 e. The maximum absolute atomic E-state index is 5.06. The molecule has 90 valence electrons. The molecule has 0 aliphatic carbocycles. The highest BCUT2D eigenvalue weighted by atomic mass is 16.5. The minimum atomic E-state index is 0.436. The second kappa shape index (κ2) is 6.43. The van der Waals surface area contributed by atoms with E-state index in [1.165, 1.54) is 0 Å². The van der Waals surface area contributed by atoms with Gasteiger partial charge in [-0.3, -0.25) is 4.98 Å². The van der Waals surface area contributed by atoms with Gasteiger partial charge < -0.3 is 10.1 Å². The van der Waals surface area contributed by atoms with Crippen molar-refractivity contribution in [2.45, 2.75) is 33.2 Å². The lowest BCUT2D eigenvalue weighted by molar-refractivity contribution is 0.382. The van der Waals surface area contributed by atoms with Crippen molar-refractivity contribution in [1.82, 2.24) is 15.3 Å². The minimum absolute atomic E-state index is 0.436. The van der Waals surface area contributed by atoms with Crippen LogP contribution in [0.2, 0.25) is 0 Å². The molecule has 0 fully saturated rings. The van der Waals surface area contributed by atoms with E-state index in [9.17, 15) is 0 Å². The van der Waals surface area contributed by atoms with Crippen molar-refractivity contribution in [3.63, 3.8) is 0 Å². The van der Waals surface area contributed by atoms with Crippen LogP contribution in [-0.4, -0.2) is 29.7 Å². The summed E-state index contributed by atoms with van der Waals surface area (Å²) in [7, 11) is 1.61. The van der Waals surface area contributed by atoms with Crippen LogP contribution in [0.15, 0.2) is 12.4 Å². The van der Waals surface area contributed by atoms with E-state index in [1.807, 2.05) is 0 Å². The highest BCUT2D eigenvalue weighted by Gasteiger charge is 2.13. The first-order valence-corrected chi connectivity index (χ1v) is 5.75. The number of ether oxygens (including phenoxy) is 1. The van der Waals surface area contributed by atoms with Crippen LogP contribution in [0.5, 0.6) is 5.88 Å². The Morgan fingerprint density at radius 1 is 1.38 bits per heavy atom. The molecule has 0 radical (unpaired) electrons. The zero-order valence-corrected chi connectivity index (χ0v) is 10.5. The summed E-state index contributed by atoms with van der Waals surface area (Å²) in [4.78, 5) is 8.48. The number of aromatic nitrogens is 2. The predicted octanol–water partition coefficient (Wildman–Crippen LogP) is 1.66. The lowest BCUT2D eigenvalue weighted by Crippen LogP contribution is -2.35. The van der Waals surface area contributed by atoms with Gasteiger partial charge in [-0.15, -0.1) is 0 Å². The van der Waals surface area contributed by atoms with E-state index in [2.05, 4.69) is 36.1 Å². The van der Waals surface area contributed by atoms with Crippen LogP contribution in [-0.2, 0) is 6.42 Å². The van der Waals surface area contributed by atoms with E-state index in [0.29, 0.717) is 17.8 Å². The standard InChI is InChI=1S/C12H21N3O/c1-5-14-11(9(2)3)6-10-7-13-8-12(15-10)16-4/h7-9,11,14H,5-6H2,1-4H3. The van der Waals surface area contributed by atoms with Crippen LogP contribution >= 0.6 is 0 Å². The quantitative estimate of drug-likeness (QED) is 0.796. The molecule has 0 bridgehead atoms. The average Bonchev–Trinajstić information content (AvgIpc) is 2.28. The van der Waals surface area contributed by atoms with Crippen LogP contribution in [0.25, 0.3) is 0 Å². The summed E-state index contributed by atoms with van der Waals surface area (Å²) in [5.41, 5.74) is 0.971. The zero-order chi connectivity index (χ0) is 12.0. The Kier molecular flexibility index (Phi) is 5.19. The third-order valence-corrected chi connectivity index (χ3v) is 2.57. The van der Waals surface area contributed by atoms with Crippen LogP contribution in [0.3, 0.4) is 0 Å². The molecule has 1 rings (SSSR count). The highest BCUT2D eigenvalue weighted by molar-refractivity contribution is 5.09. The van der Waals surface area contributed by atoms with Gasteiger partial charge in [0.15, 0.2) is 0 Å². The molecule has 0 aliphatic heterocycles. The Labute approximate surface area is 97.5 Å². The lowest BCUT2D eigenvalue weighted by atomic mass is 9.99. The first-order valence-electron chi connectivity index (χ1n) is 5.75. The Balaban J connectivity index is 2.68. The Morgan fingerprint density at radius 3 is 2.69 bits per heavy atom. The topological polar surface area (TPSA) is 47.0 Å². The van der Waals surface area contributed by atoms with Crippen LogP contribution in [0.1, 0.15) is 26.5 Å². The highest BCUT2D eigenvalue weighted by Crippen LogP contribution is 2.10. The van der Waals surface area contributed by atoms with Gasteiger partial charge in [0, 0.05) is 18.7 Å². The first-order chi connectivity index (χ1) is 7.67. The lowest BCUT2D eigenvalue weighted by Gasteiger charge is -2.21. The van der Waals surface area contributed by atoms with Crippen molar-refractivity contribution >= 4 is 0 Å². The molecule has 4 heteroatoms. The second-order valence-electron chi connectivity index (χ2n) is 4.17. The number of hydrogen-bond acceptors (Lipinski definition) is 4. The number of nitrogens with one attached hydrogen (secondary N) is 1. The van der Waals surface area contributed by atoms with E-state index in [1.54, 1.807) is 19.5 Å². The largest absolute Gasteiger partial charge is 0.480 e. The summed E-state index contributed by atoms with van der Waals surface area (Å²) in [6.07, 6.45) is 4.31. The van der Waals surface area contributed by atoms with Crippen molar-refractivity contribution in [1.29, 1.82) is 0 Å². The monoisotopic (exact) mass is 223 g/mol. The minimum Gasteiger partial charge on any atom is -0.480 e. The van der Waals surface area contributed by atoms with Gasteiger partial charge in [0.2, 0.25) is 5.88 Å². The molecule has 1 N–H and O–H groups in total.